The summed E-state index contributed by atoms with van der Waals surface area (Å²) in [7, 11) is 0. The topological polar surface area (TPSA) is 41.6 Å². The summed E-state index contributed by atoms with van der Waals surface area (Å²) in [6.45, 7) is 2.64. The van der Waals surface area contributed by atoms with Crippen molar-refractivity contribution in [2.75, 3.05) is 6.54 Å². The molecular formula is C19H19BrN2O2. The Morgan fingerprint density at radius 2 is 2.08 bits per heavy atom. The van der Waals surface area contributed by atoms with Gasteiger partial charge in [0.25, 0.3) is 0 Å². The zero-order valence-electron chi connectivity index (χ0n) is 13.5. The van der Waals surface area contributed by atoms with Gasteiger partial charge in [-0.3, -0.25) is 4.90 Å². The molecule has 2 aromatic carbocycles. The van der Waals surface area contributed by atoms with Crippen LogP contribution in [0.15, 0.2) is 53.0 Å². The molecule has 0 radical (unpaired) electrons. The van der Waals surface area contributed by atoms with Crippen molar-refractivity contribution in [1.82, 2.24) is 10.2 Å². The number of hydrogen-bond donors (Lipinski definition) is 1. The lowest BCUT2D eigenvalue weighted by Gasteiger charge is -2.50. The van der Waals surface area contributed by atoms with E-state index < -0.39 is 5.72 Å². The average Bonchev–Trinajstić information content (AvgIpc) is 2.56. The van der Waals surface area contributed by atoms with Crippen molar-refractivity contribution in [3.63, 3.8) is 0 Å². The van der Waals surface area contributed by atoms with Crippen LogP contribution in [0.5, 0.6) is 5.75 Å². The van der Waals surface area contributed by atoms with Crippen LogP contribution in [0.1, 0.15) is 30.5 Å². The van der Waals surface area contributed by atoms with E-state index in [-0.39, 0.29) is 12.1 Å². The molecule has 1 saturated heterocycles. The monoisotopic (exact) mass is 386 g/mol. The normalized spacial score (nSPS) is 24.8. The fourth-order valence-corrected chi connectivity index (χ4v) is 3.99. The summed E-state index contributed by atoms with van der Waals surface area (Å²) < 4.78 is 7.26. The first-order valence-corrected chi connectivity index (χ1v) is 8.95. The minimum atomic E-state index is -0.609. The summed E-state index contributed by atoms with van der Waals surface area (Å²) in [6.07, 6.45) is 1.56. The smallest absolute Gasteiger partial charge is 0.320 e. The van der Waals surface area contributed by atoms with Crippen LogP contribution in [0.2, 0.25) is 0 Å². The molecule has 2 heterocycles. The molecule has 2 aliphatic heterocycles. The minimum absolute atomic E-state index is 0.00303. The number of carbonyl (C=O) groups is 1. The van der Waals surface area contributed by atoms with Crippen molar-refractivity contribution in [1.29, 1.82) is 0 Å². The van der Waals surface area contributed by atoms with Crippen LogP contribution in [-0.4, -0.2) is 23.2 Å². The lowest BCUT2D eigenvalue weighted by molar-refractivity contribution is -0.0833. The molecule has 24 heavy (non-hydrogen) atoms. The summed E-state index contributed by atoms with van der Waals surface area (Å²) in [6, 6.07) is 16.1. The third-order valence-electron chi connectivity index (χ3n) is 4.84. The highest BCUT2D eigenvalue weighted by molar-refractivity contribution is 9.10. The van der Waals surface area contributed by atoms with E-state index in [0.717, 1.165) is 28.6 Å². The third kappa shape index (κ3) is 2.67. The maximum absolute atomic E-state index is 12.7. The molecule has 0 aliphatic carbocycles. The van der Waals surface area contributed by atoms with Gasteiger partial charge in [-0.25, -0.2) is 4.79 Å². The molecular weight excluding hydrogens is 368 g/mol. The summed E-state index contributed by atoms with van der Waals surface area (Å²) in [4.78, 5) is 14.5. The zero-order valence-corrected chi connectivity index (χ0v) is 15.0. The van der Waals surface area contributed by atoms with Gasteiger partial charge in [0.1, 0.15) is 5.75 Å². The number of fused-ring (bicyclic) bond motifs is 4. The molecule has 0 aromatic heterocycles. The molecule has 2 aromatic rings. The van der Waals surface area contributed by atoms with Crippen molar-refractivity contribution in [2.24, 2.45) is 0 Å². The standard InChI is InChI=1S/C19H19BrN2O2/c1-19-12-16(15-11-14(20)7-8-17(15)24-19)21-18(23)22(19)10-9-13-5-3-2-4-6-13/h2-8,11,16H,9-10,12H2,1H3,(H,21,23)/t16-,19+/m0/s1. The van der Waals surface area contributed by atoms with E-state index in [1.807, 2.05) is 48.2 Å². The summed E-state index contributed by atoms with van der Waals surface area (Å²) >= 11 is 3.49. The van der Waals surface area contributed by atoms with Crippen molar-refractivity contribution in [3.8, 4) is 5.75 Å². The fraction of sp³-hybridized carbons (Fsp3) is 0.316. The molecule has 5 heteroatoms. The molecule has 4 rings (SSSR count). The Labute approximate surface area is 149 Å². The number of benzene rings is 2. The molecule has 1 fully saturated rings. The number of amides is 2. The van der Waals surface area contributed by atoms with Crippen molar-refractivity contribution >= 4 is 22.0 Å². The van der Waals surface area contributed by atoms with Gasteiger partial charge in [0.2, 0.25) is 0 Å². The van der Waals surface area contributed by atoms with Gasteiger partial charge in [-0.2, -0.15) is 0 Å². The quantitative estimate of drug-likeness (QED) is 0.855. The van der Waals surface area contributed by atoms with Crippen LogP contribution in [0.4, 0.5) is 4.79 Å². The lowest BCUT2D eigenvalue weighted by Crippen LogP contribution is -2.65. The lowest BCUT2D eigenvalue weighted by atomic mass is 9.90. The number of urea groups is 1. The number of nitrogens with zero attached hydrogens (tertiary/aromatic N) is 1. The van der Waals surface area contributed by atoms with Gasteiger partial charge >= 0.3 is 6.03 Å². The van der Waals surface area contributed by atoms with E-state index in [4.69, 9.17) is 4.74 Å². The summed E-state index contributed by atoms with van der Waals surface area (Å²) in [5.74, 6) is 0.849. The van der Waals surface area contributed by atoms with Crippen molar-refractivity contribution in [3.05, 3.63) is 64.1 Å². The van der Waals surface area contributed by atoms with Gasteiger partial charge in [0, 0.05) is 23.0 Å². The second-order valence-electron chi connectivity index (χ2n) is 6.55. The van der Waals surface area contributed by atoms with E-state index in [0.29, 0.717) is 6.54 Å². The molecule has 2 atom stereocenters. The molecule has 124 valence electrons. The first-order chi connectivity index (χ1) is 11.5. The van der Waals surface area contributed by atoms with Crippen LogP contribution in [0, 0.1) is 0 Å². The average molecular weight is 387 g/mol. The van der Waals surface area contributed by atoms with Crippen LogP contribution in [0.25, 0.3) is 0 Å². The SMILES string of the molecule is C[C@@]12C[C@H](NC(=O)N1CCc1ccccc1)c1cc(Br)ccc1O2. The Bertz CT molecular complexity index is 780. The second kappa shape index (κ2) is 5.81. The zero-order chi connectivity index (χ0) is 16.7. The Morgan fingerprint density at radius 1 is 1.29 bits per heavy atom. The summed E-state index contributed by atoms with van der Waals surface area (Å²) in [5.41, 5.74) is 1.65. The van der Waals surface area contributed by atoms with E-state index >= 15 is 0 Å². The maximum atomic E-state index is 12.7. The highest BCUT2D eigenvalue weighted by Gasteiger charge is 2.48. The van der Waals surface area contributed by atoms with Crippen molar-refractivity contribution in [2.45, 2.75) is 31.5 Å². The van der Waals surface area contributed by atoms with E-state index in [2.05, 4.69) is 33.4 Å². The molecule has 4 nitrogen and oxygen atoms in total. The van der Waals surface area contributed by atoms with Gasteiger partial charge < -0.3 is 10.1 Å². The third-order valence-corrected chi connectivity index (χ3v) is 5.33. The van der Waals surface area contributed by atoms with Crippen LogP contribution < -0.4 is 10.1 Å². The highest BCUT2D eigenvalue weighted by Crippen LogP contribution is 2.44. The Kier molecular flexibility index (Phi) is 3.76. The molecule has 2 aliphatic rings. The summed E-state index contributed by atoms with van der Waals surface area (Å²) in [5, 5.41) is 3.13. The fourth-order valence-electron chi connectivity index (χ4n) is 3.61. The van der Waals surface area contributed by atoms with E-state index in [1.54, 1.807) is 0 Å². The van der Waals surface area contributed by atoms with Crippen LogP contribution in [0.3, 0.4) is 0 Å². The largest absolute Gasteiger partial charge is 0.468 e. The van der Waals surface area contributed by atoms with Crippen LogP contribution >= 0.6 is 15.9 Å². The van der Waals surface area contributed by atoms with Gasteiger partial charge in [-0.15, -0.1) is 0 Å². The number of carbonyl (C=O) groups excluding carboxylic acids is 1. The number of ether oxygens (including phenoxy) is 1. The van der Waals surface area contributed by atoms with Gasteiger partial charge in [0.05, 0.1) is 6.04 Å². The van der Waals surface area contributed by atoms with Gasteiger partial charge in [0.15, 0.2) is 5.72 Å². The predicted molar refractivity (Wildman–Crippen MR) is 95.9 cm³/mol. The molecule has 0 unspecified atom stereocenters. The van der Waals surface area contributed by atoms with Gasteiger partial charge in [-0.1, -0.05) is 46.3 Å². The van der Waals surface area contributed by atoms with Gasteiger partial charge in [-0.05, 0) is 37.1 Å². The first kappa shape index (κ1) is 15.5. The number of rotatable bonds is 3. The second-order valence-corrected chi connectivity index (χ2v) is 7.47. The Balaban J connectivity index is 1.59. The van der Waals surface area contributed by atoms with Crippen LogP contribution in [-0.2, 0) is 6.42 Å². The number of hydrogen-bond acceptors (Lipinski definition) is 2. The predicted octanol–water partition coefficient (Wildman–Crippen LogP) is 4.26. The van der Waals surface area contributed by atoms with Crippen molar-refractivity contribution < 1.29 is 9.53 Å². The highest BCUT2D eigenvalue weighted by atomic mass is 79.9. The van der Waals surface area contributed by atoms with E-state index in [1.165, 1.54) is 5.56 Å². The number of halogens is 1. The first-order valence-electron chi connectivity index (χ1n) is 8.16. The molecule has 0 saturated carbocycles. The Morgan fingerprint density at radius 3 is 2.88 bits per heavy atom. The minimum Gasteiger partial charge on any atom is -0.468 e. The maximum Gasteiger partial charge on any atom is 0.320 e. The molecule has 2 bridgehead atoms. The Hall–Kier alpha value is -2.01. The number of nitrogens with one attached hydrogen (secondary N) is 1. The molecule has 1 N–H and O–H groups in total. The molecule has 2 amide bonds. The molecule has 0 spiro atoms. The van der Waals surface area contributed by atoms with E-state index in [9.17, 15) is 4.79 Å².